The van der Waals surface area contributed by atoms with E-state index in [4.69, 9.17) is 13.9 Å². The molecule has 50 heavy (non-hydrogen) atoms. The average Bonchev–Trinajstić information content (AvgIpc) is 3.56. The van der Waals surface area contributed by atoms with Crippen LogP contribution >= 0.6 is 0 Å². The molecule has 0 saturated heterocycles. The Hall–Kier alpha value is -6.50. The summed E-state index contributed by atoms with van der Waals surface area (Å²) in [7, 11) is 0. The molecule has 3 aliphatic rings. The standard InChI is InChI=1S/C44H29N3O3/c1-2-10-27(11-3-1)39-43-40(32-14-6-7-17-35(32)49-43)46-44(45-39)28-22-20-26(21-23-28)31-15-8-16-33-42(31)50-37-19-9-18-36-41(37)47(33)34-24-29-12-4-5-13-30(29)25-38(34)48-36/h1-25,39,44-46H. The van der Waals surface area contributed by atoms with Gasteiger partial charge < -0.3 is 19.2 Å². The van der Waals surface area contributed by atoms with Crippen molar-refractivity contribution in [2.75, 3.05) is 10.2 Å². The summed E-state index contributed by atoms with van der Waals surface area (Å²) in [6.07, 6.45) is -0.131. The molecule has 6 nitrogen and oxygen atoms in total. The molecule has 0 fully saturated rings. The summed E-state index contributed by atoms with van der Waals surface area (Å²) >= 11 is 0. The van der Waals surface area contributed by atoms with Crippen LogP contribution in [0.15, 0.2) is 156 Å². The van der Waals surface area contributed by atoms with Crippen LogP contribution in [0.3, 0.4) is 0 Å². The maximum Gasteiger partial charge on any atom is 0.159 e. The smallest absolute Gasteiger partial charge is 0.159 e. The number of hydrogen-bond acceptors (Lipinski definition) is 6. The molecular formula is C44H29N3O3. The van der Waals surface area contributed by atoms with Crippen molar-refractivity contribution in [1.29, 1.82) is 0 Å². The minimum Gasteiger partial charge on any atom is -0.457 e. The Kier molecular flexibility index (Phi) is 5.76. The number of benzene rings is 7. The lowest BCUT2D eigenvalue weighted by Crippen LogP contribution is -2.36. The number of furan rings is 1. The van der Waals surface area contributed by atoms with E-state index in [1.54, 1.807) is 0 Å². The number of para-hydroxylation sites is 3. The molecule has 0 saturated carbocycles. The number of fused-ring (bicyclic) bond motifs is 8. The lowest BCUT2D eigenvalue weighted by atomic mass is 9.96. The highest BCUT2D eigenvalue weighted by atomic mass is 16.5. The third-order valence-electron chi connectivity index (χ3n) is 10.1. The number of ether oxygens (including phenoxy) is 2. The van der Waals surface area contributed by atoms with Gasteiger partial charge >= 0.3 is 0 Å². The van der Waals surface area contributed by atoms with Crippen LogP contribution in [0.2, 0.25) is 0 Å². The second kappa shape index (κ2) is 10.5. The molecule has 11 rings (SSSR count). The lowest BCUT2D eigenvalue weighted by molar-refractivity contribution is 0.422. The van der Waals surface area contributed by atoms with Crippen LogP contribution in [0.5, 0.6) is 23.0 Å². The Balaban J connectivity index is 0.989. The van der Waals surface area contributed by atoms with Gasteiger partial charge in [-0.3, -0.25) is 10.2 Å². The summed E-state index contributed by atoms with van der Waals surface area (Å²) in [6.45, 7) is 0. The molecule has 0 bridgehead atoms. The highest BCUT2D eigenvalue weighted by Crippen LogP contribution is 2.61. The third kappa shape index (κ3) is 4.06. The highest BCUT2D eigenvalue weighted by molar-refractivity contribution is 6.00. The van der Waals surface area contributed by atoms with Gasteiger partial charge in [0.25, 0.3) is 0 Å². The topological polar surface area (TPSA) is 58.9 Å². The van der Waals surface area contributed by atoms with Crippen LogP contribution in [0.25, 0.3) is 32.9 Å². The first-order valence-corrected chi connectivity index (χ1v) is 16.9. The molecule has 2 N–H and O–H groups in total. The van der Waals surface area contributed by atoms with Crippen molar-refractivity contribution in [3.05, 3.63) is 169 Å². The summed E-state index contributed by atoms with van der Waals surface area (Å²) < 4.78 is 19.6. The van der Waals surface area contributed by atoms with Crippen molar-refractivity contribution in [2.45, 2.75) is 12.2 Å². The van der Waals surface area contributed by atoms with Gasteiger partial charge in [0.1, 0.15) is 23.2 Å². The van der Waals surface area contributed by atoms with Crippen LogP contribution in [-0.2, 0) is 0 Å². The van der Waals surface area contributed by atoms with Gasteiger partial charge in [0.15, 0.2) is 23.0 Å². The Morgan fingerprint density at radius 1 is 0.560 bits per heavy atom. The number of nitrogens with one attached hydrogen (secondary N) is 2. The molecular weight excluding hydrogens is 619 g/mol. The third-order valence-corrected chi connectivity index (χ3v) is 10.1. The number of rotatable bonds is 3. The normalized spacial score (nSPS) is 16.8. The maximum atomic E-state index is 6.74. The second-order valence-electron chi connectivity index (χ2n) is 13.0. The van der Waals surface area contributed by atoms with Gasteiger partial charge in [-0.25, -0.2) is 0 Å². The zero-order chi connectivity index (χ0) is 32.8. The minimum absolute atomic E-state index is 0.0995. The number of anilines is 4. The SMILES string of the molecule is c1ccc(C2NC(c3ccc(-c4cccc5c4Oc4cccc6c4N5c4cc5ccccc5cc4O6)cc3)Nc3c2oc2ccccc32)cc1. The molecule has 238 valence electrons. The van der Waals surface area contributed by atoms with Gasteiger partial charge in [-0.2, -0.15) is 0 Å². The molecule has 7 aromatic carbocycles. The molecule has 0 aliphatic carbocycles. The summed E-state index contributed by atoms with van der Waals surface area (Å²) in [5, 5.41) is 11.0. The molecule has 1 aromatic heterocycles. The molecule has 0 amide bonds. The van der Waals surface area contributed by atoms with Gasteiger partial charge in [-0.15, -0.1) is 0 Å². The zero-order valence-electron chi connectivity index (χ0n) is 26.8. The fourth-order valence-corrected chi connectivity index (χ4v) is 7.76. The summed E-state index contributed by atoms with van der Waals surface area (Å²) in [5.41, 5.74) is 9.18. The molecule has 2 unspecified atom stereocenters. The molecule has 8 aromatic rings. The molecule has 6 heteroatoms. The van der Waals surface area contributed by atoms with Crippen molar-refractivity contribution >= 4 is 44.5 Å². The number of nitrogens with zero attached hydrogens (tertiary/aromatic N) is 1. The van der Waals surface area contributed by atoms with Crippen LogP contribution in [0.1, 0.15) is 29.1 Å². The van der Waals surface area contributed by atoms with Crippen LogP contribution in [0.4, 0.5) is 22.7 Å². The molecule has 3 aliphatic heterocycles. The first-order valence-electron chi connectivity index (χ1n) is 16.9. The Morgan fingerprint density at radius 3 is 2.16 bits per heavy atom. The molecule has 0 radical (unpaired) electrons. The van der Waals surface area contributed by atoms with E-state index in [1.807, 2.05) is 36.4 Å². The van der Waals surface area contributed by atoms with E-state index >= 15 is 0 Å². The predicted molar refractivity (Wildman–Crippen MR) is 198 cm³/mol. The molecule has 0 spiro atoms. The summed E-state index contributed by atoms with van der Waals surface area (Å²) in [5.74, 6) is 4.09. The van der Waals surface area contributed by atoms with E-state index in [-0.39, 0.29) is 12.2 Å². The average molecular weight is 648 g/mol. The van der Waals surface area contributed by atoms with Gasteiger partial charge in [0.05, 0.1) is 23.1 Å². The fourth-order valence-electron chi connectivity index (χ4n) is 7.76. The van der Waals surface area contributed by atoms with E-state index in [0.29, 0.717) is 0 Å². The minimum atomic E-state index is -0.131. The van der Waals surface area contributed by atoms with Gasteiger partial charge in [0, 0.05) is 10.9 Å². The van der Waals surface area contributed by atoms with Crippen molar-refractivity contribution in [2.24, 2.45) is 0 Å². The quantitative estimate of drug-likeness (QED) is 0.199. The maximum absolute atomic E-state index is 6.74. The monoisotopic (exact) mass is 647 g/mol. The van der Waals surface area contributed by atoms with E-state index in [2.05, 4.69) is 131 Å². The first kappa shape index (κ1) is 27.5. The van der Waals surface area contributed by atoms with Gasteiger partial charge in [0.2, 0.25) is 0 Å². The Morgan fingerprint density at radius 2 is 1.30 bits per heavy atom. The first-order chi connectivity index (χ1) is 24.8. The highest BCUT2D eigenvalue weighted by Gasteiger charge is 2.36. The van der Waals surface area contributed by atoms with E-state index in [1.165, 1.54) is 0 Å². The Labute approximate surface area is 288 Å². The van der Waals surface area contributed by atoms with Crippen molar-refractivity contribution in [3.63, 3.8) is 0 Å². The van der Waals surface area contributed by atoms with Crippen molar-refractivity contribution < 1.29 is 13.9 Å². The van der Waals surface area contributed by atoms with Crippen LogP contribution < -0.4 is 25.0 Å². The van der Waals surface area contributed by atoms with E-state index in [9.17, 15) is 0 Å². The predicted octanol–water partition coefficient (Wildman–Crippen LogP) is 11.7. The van der Waals surface area contributed by atoms with E-state index in [0.717, 1.165) is 95.5 Å². The van der Waals surface area contributed by atoms with Crippen LogP contribution in [0, 0.1) is 0 Å². The second-order valence-corrected chi connectivity index (χ2v) is 13.0. The summed E-state index contributed by atoms with van der Waals surface area (Å²) in [4.78, 5) is 2.29. The lowest BCUT2D eigenvalue weighted by Gasteiger charge is -2.38. The van der Waals surface area contributed by atoms with Crippen LogP contribution in [-0.4, -0.2) is 0 Å². The van der Waals surface area contributed by atoms with Crippen molar-refractivity contribution in [3.8, 4) is 34.1 Å². The zero-order valence-corrected chi connectivity index (χ0v) is 26.8. The molecule has 4 heterocycles. The van der Waals surface area contributed by atoms with E-state index < -0.39 is 0 Å². The van der Waals surface area contributed by atoms with Gasteiger partial charge in [-0.05, 0) is 69.9 Å². The van der Waals surface area contributed by atoms with Gasteiger partial charge in [-0.1, -0.05) is 109 Å². The Bertz CT molecular complexity index is 2630. The largest absolute Gasteiger partial charge is 0.457 e. The number of hydrogen-bond donors (Lipinski definition) is 2. The van der Waals surface area contributed by atoms with Crippen molar-refractivity contribution in [1.82, 2.24) is 5.32 Å². The fraction of sp³-hybridized carbons (Fsp3) is 0.0455. The summed E-state index contributed by atoms with van der Waals surface area (Å²) in [6, 6.07) is 52.5. The molecule has 2 atom stereocenters.